The topological polar surface area (TPSA) is 86.8 Å². The molecule has 7 nitrogen and oxygen atoms in total. The fourth-order valence-electron chi connectivity index (χ4n) is 2.94. The summed E-state index contributed by atoms with van der Waals surface area (Å²) in [5, 5.41) is 2.95. The van der Waals surface area contributed by atoms with E-state index in [9.17, 15) is 18.0 Å². The van der Waals surface area contributed by atoms with Gasteiger partial charge in [-0.05, 0) is 37.6 Å². The minimum atomic E-state index is -3.82. The van der Waals surface area contributed by atoms with E-state index in [4.69, 9.17) is 23.2 Å². The quantitative estimate of drug-likeness (QED) is 0.621. The van der Waals surface area contributed by atoms with Crippen LogP contribution in [0.3, 0.4) is 0 Å². The highest BCUT2D eigenvalue weighted by Crippen LogP contribution is 2.28. The lowest BCUT2D eigenvalue weighted by Crippen LogP contribution is -2.50. The Labute approximate surface area is 193 Å². The van der Waals surface area contributed by atoms with E-state index in [1.165, 1.54) is 30.1 Å². The predicted molar refractivity (Wildman–Crippen MR) is 124 cm³/mol. The molecule has 0 fully saturated rings. The molecule has 10 heteroatoms. The third-order valence-electron chi connectivity index (χ3n) is 4.76. The van der Waals surface area contributed by atoms with Crippen molar-refractivity contribution in [2.75, 3.05) is 24.2 Å². The number of halogens is 2. The summed E-state index contributed by atoms with van der Waals surface area (Å²) in [4.78, 5) is 26.9. The van der Waals surface area contributed by atoms with Gasteiger partial charge in [0.15, 0.2) is 0 Å². The van der Waals surface area contributed by atoms with Crippen LogP contribution in [0.5, 0.6) is 0 Å². The molecule has 1 N–H and O–H groups in total. The van der Waals surface area contributed by atoms with E-state index >= 15 is 0 Å². The van der Waals surface area contributed by atoms with Gasteiger partial charge in [0.25, 0.3) is 0 Å². The molecule has 2 rings (SSSR count). The molecule has 0 saturated carbocycles. The molecule has 0 aromatic heterocycles. The lowest BCUT2D eigenvalue weighted by atomic mass is 10.1. The van der Waals surface area contributed by atoms with Crippen molar-refractivity contribution in [1.29, 1.82) is 0 Å². The van der Waals surface area contributed by atoms with Crippen LogP contribution in [0.4, 0.5) is 5.69 Å². The molecule has 2 aromatic rings. The maximum Gasteiger partial charge on any atom is 0.244 e. The maximum absolute atomic E-state index is 13.2. The molecular weight excluding hydrogens is 461 g/mol. The Hall–Kier alpha value is -2.29. The van der Waals surface area contributed by atoms with Gasteiger partial charge in [-0.2, -0.15) is 0 Å². The van der Waals surface area contributed by atoms with Crippen LogP contribution in [0.2, 0.25) is 10.0 Å². The van der Waals surface area contributed by atoms with Gasteiger partial charge in [-0.15, -0.1) is 0 Å². The first-order valence-corrected chi connectivity index (χ1v) is 12.0. The molecule has 0 aliphatic carbocycles. The predicted octanol–water partition coefficient (Wildman–Crippen LogP) is 3.23. The molecule has 2 aromatic carbocycles. The van der Waals surface area contributed by atoms with E-state index in [1.807, 2.05) is 31.2 Å². The molecule has 1 unspecified atom stereocenters. The third-order valence-corrected chi connectivity index (χ3v) is 6.64. The molecule has 168 valence electrons. The number of likely N-dealkylation sites (N-methyl/N-ethyl adjacent to an activating group) is 1. The van der Waals surface area contributed by atoms with Crippen molar-refractivity contribution in [3.8, 4) is 0 Å². The van der Waals surface area contributed by atoms with Crippen molar-refractivity contribution < 1.29 is 18.0 Å². The largest absolute Gasteiger partial charge is 0.357 e. The molecule has 0 heterocycles. The standard InChI is InChI=1S/C21H25Cl2N3O4S/c1-14-5-7-16(8-6-14)12-25(15(2)21(28)24-3)20(27)13-26(31(4,29)30)17-9-10-18(22)19(23)11-17/h5-11,15H,12-13H2,1-4H3,(H,24,28). The lowest BCUT2D eigenvalue weighted by Gasteiger charge is -2.31. The van der Waals surface area contributed by atoms with Crippen molar-refractivity contribution in [3.05, 3.63) is 63.6 Å². The Kier molecular flexibility index (Phi) is 8.34. The molecule has 0 spiro atoms. The highest BCUT2D eigenvalue weighted by Gasteiger charge is 2.29. The number of nitrogens with zero attached hydrogens (tertiary/aromatic N) is 2. The van der Waals surface area contributed by atoms with E-state index in [-0.39, 0.29) is 28.2 Å². The van der Waals surface area contributed by atoms with Gasteiger partial charge in [0.05, 0.1) is 22.0 Å². The molecule has 0 bridgehead atoms. The molecule has 1 atom stereocenters. The molecule has 2 amide bonds. The first-order chi connectivity index (χ1) is 14.4. The summed E-state index contributed by atoms with van der Waals surface area (Å²) >= 11 is 12.0. The average Bonchev–Trinajstić information content (AvgIpc) is 2.71. The van der Waals surface area contributed by atoms with E-state index in [2.05, 4.69) is 5.32 Å². The molecule has 0 aliphatic heterocycles. The summed E-state index contributed by atoms with van der Waals surface area (Å²) in [7, 11) is -2.34. The van der Waals surface area contributed by atoms with Crippen LogP contribution in [-0.2, 0) is 26.2 Å². The Bertz CT molecular complexity index is 1060. The van der Waals surface area contributed by atoms with E-state index in [0.29, 0.717) is 0 Å². The van der Waals surface area contributed by atoms with E-state index in [1.54, 1.807) is 6.92 Å². The number of amides is 2. The summed E-state index contributed by atoms with van der Waals surface area (Å²) in [6.45, 7) is 3.19. The van der Waals surface area contributed by atoms with Gasteiger partial charge in [0.1, 0.15) is 12.6 Å². The fourth-order valence-corrected chi connectivity index (χ4v) is 4.07. The van der Waals surface area contributed by atoms with Gasteiger partial charge in [0.2, 0.25) is 21.8 Å². The maximum atomic E-state index is 13.2. The first kappa shape index (κ1) is 25.0. The van der Waals surface area contributed by atoms with Crippen LogP contribution < -0.4 is 9.62 Å². The van der Waals surface area contributed by atoms with Crippen molar-refractivity contribution >= 4 is 50.7 Å². The first-order valence-electron chi connectivity index (χ1n) is 9.43. The number of anilines is 1. The fraction of sp³-hybridized carbons (Fsp3) is 0.333. The molecule has 0 saturated heterocycles. The lowest BCUT2D eigenvalue weighted by molar-refractivity contribution is -0.139. The van der Waals surface area contributed by atoms with Crippen LogP contribution in [0.1, 0.15) is 18.1 Å². The zero-order valence-electron chi connectivity index (χ0n) is 17.7. The highest BCUT2D eigenvalue weighted by atomic mass is 35.5. The number of hydrogen-bond acceptors (Lipinski definition) is 4. The van der Waals surface area contributed by atoms with Crippen LogP contribution in [0, 0.1) is 6.92 Å². The summed E-state index contributed by atoms with van der Waals surface area (Å²) < 4.78 is 25.8. The smallest absolute Gasteiger partial charge is 0.244 e. The second kappa shape index (κ2) is 10.3. The number of benzene rings is 2. The number of sulfonamides is 1. The van der Waals surface area contributed by atoms with Gasteiger partial charge in [-0.1, -0.05) is 53.0 Å². The Morgan fingerprint density at radius 1 is 1.06 bits per heavy atom. The second-order valence-electron chi connectivity index (χ2n) is 7.17. The third kappa shape index (κ3) is 6.59. The SMILES string of the molecule is CNC(=O)C(C)N(Cc1ccc(C)cc1)C(=O)CN(c1ccc(Cl)c(Cl)c1)S(C)(=O)=O. The minimum Gasteiger partial charge on any atom is -0.357 e. The summed E-state index contributed by atoms with van der Waals surface area (Å²) in [5.41, 5.74) is 2.08. The molecule has 0 aliphatic rings. The second-order valence-corrected chi connectivity index (χ2v) is 9.89. The Morgan fingerprint density at radius 2 is 1.68 bits per heavy atom. The average molecular weight is 486 g/mol. The highest BCUT2D eigenvalue weighted by molar-refractivity contribution is 7.92. The Morgan fingerprint density at radius 3 is 2.19 bits per heavy atom. The number of nitrogens with one attached hydrogen (secondary N) is 1. The molecule has 0 radical (unpaired) electrons. The minimum absolute atomic E-state index is 0.146. The monoisotopic (exact) mass is 485 g/mol. The van der Waals surface area contributed by atoms with E-state index in [0.717, 1.165) is 21.7 Å². The summed E-state index contributed by atoms with van der Waals surface area (Å²) in [6.07, 6.45) is 0.995. The Balaban J connectivity index is 2.39. The van der Waals surface area contributed by atoms with Crippen LogP contribution in [-0.4, -0.2) is 51.0 Å². The summed E-state index contributed by atoms with van der Waals surface area (Å²) in [5.74, 6) is -0.894. The summed E-state index contributed by atoms with van der Waals surface area (Å²) in [6, 6.07) is 11.0. The van der Waals surface area contributed by atoms with Crippen molar-refractivity contribution in [1.82, 2.24) is 10.2 Å². The zero-order valence-corrected chi connectivity index (χ0v) is 20.1. The molecule has 31 heavy (non-hydrogen) atoms. The van der Waals surface area contributed by atoms with Gasteiger partial charge in [-0.25, -0.2) is 8.42 Å². The number of carbonyl (C=O) groups excluding carboxylic acids is 2. The van der Waals surface area contributed by atoms with Crippen LogP contribution in [0.15, 0.2) is 42.5 Å². The van der Waals surface area contributed by atoms with E-state index < -0.39 is 28.5 Å². The van der Waals surface area contributed by atoms with Gasteiger partial charge >= 0.3 is 0 Å². The number of carbonyl (C=O) groups is 2. The number of rotatable bonds is 8. The van der Waals surface area contributed by atoms with Crippen LogP contribution >= 0.6 is 23.2 Å². The van der Waals surface area contributed by atoms with Crippen LogP contribution in [0.25, 0.3) is 0 Å². The van der Waals surface area contributed by atoms with Gasteiger partial charge < -0.3 is 10.2 Å². The van der Waals surface area contributed by atoms with Crippen molar-refractivity contribution in [2.24, 2.45) is 0 Å². The normalized spacial score (nSPS) is 12.2. The number of aryl methyl sites for hydroxylation is 1. The number of hydrogen-bond donors (Lipinski definition) is 1. The molecular formula is C21H25Cl2N3O4S. The van der Waals surface area contributed by atoms with Gasteiger partial charge in [0, 0.05) is 13.6 Å². The zero-order chi connectivity index (χ0) is 23.3. The van der Waals surface area contributed by atoms with Crippen molar-refractivity contribution in [2.45, 2.75) is 26.4 Å². The van der Waals surface area contributed by atoms with Crippen molar-refractivity contribution in [3.63, 3.8) is 0 Å². The van der Waals surface area contributed by atoms with Gasteiger partial charge in [-0.3, -0.25) is 13.9 Å².